The number of nitrogens with zero attached hydrogens (tertiary/aromatic N) is 15. The molecule has 0 amide bonds. The Hall–Kier alpha value is -15.3. The minimum Gasteiger partial charge on any atom is -0.508 e. The van der Waals surface area contributed by atoms with E-state index >= 15 is 0 Å². The standard InChI is InChI=1S/C21H24FN5O3.C20H22BrN5O2.C20H21F2N5O2.C20H22FN5O3.C20H22FN5O2/c1-12(25-18-4-5-27-20(26-18)17(9-24-27)13(2)28)16-7-15(22)6-14-8-21(10-23,11-29-3)30-19(14)16;1-11(15-7-14(21)6-13-8-20(3,10-22)28-18(13)15)24-17-4-5-26-19(25-17)16(9-23-26)12(2)27;1-11(25-17-3-4-27-19(26-17)16(8-24-27)12(2)28)15-6-14(22)5-13-7-20(9-21,10-23)29-18(13)15;1-11(24-17-3-4-26-19(25-17)16(8-23-26)12(2)28)15-6-14(21)5-13-7-20(9-22,10-27)29-18(13)15;1-11(13-4-5-16(21)14-8-20(3,10-22)28-18(13)14)24-17-6-7-26-19(25-17)15(9-23-26)12(2)27/h4-7,9,12,28H,2,8,10-11,23H2,1,3H3,(H,25,26);4-7,9,11,27H,2,8,10,22H2,1,3H3,(H,24,25);3-6,8,11,28H,2,7,9-10,23H2,1H3,(H,25,26);3-6,8,11,27-28H,2,7,9-10,22H2,1H3,(H,24,25);4-7,9,11,27H,2,8,10,22H2,1,3H3,(H,24,25)/t12-,21?;4*11-,20?/m11111/s1. The number of hydrogen-bond donors (Lipinski definition) is 16. The lowest BCUT2D eigenvalue weighted by Crippen LogP contribution is -2.46. The van der Waals surface area contributed by atoms with E-state index in [1.165, 1.54) is 80.8 Å². The van der Waals surface area contributed by atoms with Crippen LogP contribution in [-0.4, -0.2) is 191 Å². The number of alkyl halides is 1. The molecule has 37 nitrogen and oxygen atoms in total. The molecule has 0 saturated heterocycles. The first kappa shape index (κ1) is 102. The SMILES string of the molecule is C=C(O)c1cnn2ccc(N[C@H](C)c3cc(Br)cc4c3OC(C)(CN)C4)nc12.C=C(O)c1cnn2ccc(N[C@H](C)c3cc(F)cc4c3OC(CN)(CF)C4)nc12.C=C(O)c1cnn2ccc(N[C@H](C)c3cc(F)cc4c3OC(CN)(CO)C4)nc12.C=C(O)c1cnn2ccc(N[C@H](C)c3cc(F)cc4c3OC(CN)(COC)C4)nc12.C=C(O)c1cnn2ccc(N[C@H](C)c3ccc(F)c4c3OC(C)(CN)C4)nc12. The van der Waals surface area contributed by atoms with E-state index in [2.05, 4.69) is 145 Å². The quantitative estimate of drug-likeness (QED) is 0.0153. The highest BCUT2D eigenvalue weighted by molar-refractivity contribution is 9.10. The van der Waals surface area contributed by atoms with Crippen molar-refractivity contribution >= 4 is 102 Å². The van der Waals surface area contributed by atoms with Gasteiger partial charge in [-0.3, -0.25) is 0 Å². The molecule has 144 heavy (non-hydrogen) atoms. The van der Waals surface area contributed by atoms with E-state index in [-0.39, 0.29) is 109 Å². The van der Waals surface area contributed by atoms with Crippen molar-refractivity contribution < 1.29 is 81.0 Å². The first-order valence-electron chi connectivity index (χ1n) is 45.9. The average molecular weight is 2040 g/mol. The number of halogens is 6. The fourth-order valence-electron chi connectivity index (χ4n) is 17.9. The van der Waals surface area contributed by atoms with Crippen LogP contribution in [0.4, 0.5) is 51.0 Å². The topological polar surface area (TPSA) is 518 Å². The first-order valence-corrected chi connectivity index (χ1v) is 46.6. The fraction of sp³-hybridized carbons (Fsp3) is 0.307. The van der Waals surface area contributed by atoms with Crippen molar-refractivity contribution in [1.29, 1.82) is 0 Å². The summed E-state index contributed by atoms with van der Waals surface area (Å²) < 4.78 is 115. The van der Waals surface area contributed by atoms with Gasteiger partial charge in [0.1, 0.15) is 139 Å². The summed E-state index contributed by atoms with van der Waals surface area (Å²) in [6.07, 6.45) is 18.4. The van der Waals surface area contributed by atoms with Crippen molar-refractivity contribution in [3.63, 3.8) is 0 Å². The lowest BCUT2D eigenvalue weighted by Gasteiger charge is -2.27. The van der Waals surface area contributed by atoms with Gasteiger partial charge in [-0.25, -0.2) is 69.4 Å². The molecular formula is C101H111BrF5N25O12. The third kappa shape index (κ3) is 20.8. The number of anilines is 5. The van der Waals surface area contributed by atoms with Crippen LogP contribution in [0, 0.1) is 23.3 Å². The number of aliphatic hydroxyl groups is 6. The van der Waals surface area contributed by atoms with Crippen LogP contribution in [-0.2, 0) is 36.8 Å². The van der Waals surface area contributed by atoms with E-state index < -0.39 is 40.9 Å². The van der Waals surface area contributed by atoms with Crippen molar-refractivity contribution in [3.8, 4) is 28.7 Å². The van der Waals surface area contributed by atoms with Gasteiger partial charge in [-0.15, -0.1) is 0 Å². The normalized spacial score (nSPS) is 19.1. The van der Waals surface area contributed by atoms with Gasteiger partial charge >= 0.3 is 0 Å². The molecule has 15 aromatic rings. The molecule has 5 aromatic carbocycles. The predicted octanol–water partition coefficient (Wildman–Crippen LogP) is 15.3. The Morgan fingerprint density at radius 1 is 0.396 bits per heavy atom. The number of ether oxygens (including phenoxy) is 6. The molecule has 0 aliphatic carbocycles. The number of nitrogens with one attached hydrogen (secondary N) is 5. The lowest BCUT2D eigenvalue weighted by molar-refractivity contribution is 0.0125. The summed E-state index contributed by atoms with van der Waals surface area (Å²) in [5.41, 5.74) is 37.4. The van der Waals surface area contributed by atoms with E-state index in [0.29, 0.717) is 180 Å². The Morgan fingerprint density at radius 2 is 0.688 bits per heavy atom. The van der Waals surface area contributed by atoms with E-state index in [1.54, 1.807) is 83.7 Å². The highest BCUT2D eigenvalue weighted by atomic mass is 79.9. The fourth-order valence-corrected chi connectivity index (χ4v) is 18.4. The molecule has 5 aliphatic heterocycles. The molecule has 754 valence electrons. The molecule has 20 rings (SSSR count). The number of fused-ring (bicyclic) bond motifs is 10. The van der Waals surface area contributed by atoms with Crippen LogP contribution in [0.1, 0.15) is 162 Å². The second kappa shape index (κ2) is 41.0. The van der Waals surface area contributed by atoms with Crippen molar-refractivity contribution in [3.05, 3.63) is 297 Å². The zero-order valence-electron chi connectivity index (χ0n) is 80.0. The number of aromatic nitrogens is 15. The maximum absolute atomic E-state index is 14.4. The molecule has 15 heterocycles. The molecule has 5 unspecified atom stereocenters. The van der Waals surface area contributed by atoms with Gasteiger partial charge in [0.15, 0.2) is 33.8 Å². The van der Waals surface area contributed by atoms with Crippen LogP contribution in [0.15, 0.2) is 190 Å². The molecule has 10 aromatic heterocycles. The largest absolute Gasteiger partial charge is 0.508 e. The second-order valence-electron chi connectivity index (χ2n) is 36.7. The van der Waals surface area contributed by atoms with Crippen LogP contribution >= 0.6 is 15.9 Å². The molecule has 0 spiro atoms. The highest BCUT2D eigenvalue weighted by Crippen LogP contribution is 2.49. The second-order valence-corrected chi connectivity index (χ2v) is 37.6. The molecular weight excluding hydrogens is 1930 g/mol. The van der Waals surface area contributed by atoms with Crippen molar-refractivity contribution in [2.24, 2.45) is 28.7 Å². The molecule has 43 heteroatoms. The third-order valence-corrected chi connectivity index (χ3v) is 26.1. The Morgan fingerprint density at radius 3 is 1.01 bits per heavy atom. The van der Waals surface area contributed by atoms with Crippen molar-refractivity contribution in [2.45, 2.75) is 139 Å². The number of nitrogens with two attached hydrogens (primary N) is 5. The Labute approximate surface area is 831 Å². The summed E-state index contributed by atoms with van der Waals surface area (Å²) in [7, 11) is 1.59. The number of hydrogen-bond acceptors (Lipinski definition) is 32. The summed E-state index contributed by atoms with van der Waals surface area (Å²) in [5.74, 6) is 3.81. The number of rotatable bonds is 29. The van der Waals surface area contributed by atoms with Crippen LogP contribution in [0.25, 0.3) is 57.0 Å². The van der Waals surface area contributed by atoms with Crippen LogP contribution in [0.3, 0.4) is 0 Å². The molecule has 21 N–H and O–H groups in total. The maximum Gasteiger partial charge on any atom is 0.168 e. The maximum atomic E-state index is 14.4. The molecule has 0 fully saturated rings. The minimum atomic E-state index is -1.16. The Kier molecular flexibility index (Phi) is 28.9. The monoisotopic (exact) mass is 2040 g/mol. The lowest BCUT2D eigenvalue weighted by atomic mass is 9.96. The molecule has 0 radical (unpaired) electrons. The van der Waals surface area contributed by atoms with E-state index in [1.807, 2.05) is 47.6 Å². The van der Waals surface area contributed by atoms with Gasteiger partial charge in [-0.05, 0) is 139 Å². The Bertz CT molecular complexity index is 7300. The zero-order valence-corrected chi connectivity index (χ0v) is 81.6. The van der Waals surface area contributed by atoms with Gasteiger partial charge in [-0.2, -0.15) is 25.5 Å². The molecule has 5 aliphatic rings. The van der Waals surface area contributed by atoms with E-state index in [4.69, 9.17) is 57.1 Å². The zero-order chi connectivity index (χ0) is 103. The number of aliphatic hydroxyl groups excluding tert-OH is 6. The average Bonchev–Trinajstić information content (AvgIpc) is 1.63. The van der Waals surface area contributed by atoms with Gasteiger partial charge in [-0.1, -0.05) is 54.9 Å². The number of methoxy groups -OCH3 is 1. The summed E-state index contributed by atoms with van der Waals surface area (Å²) in [4.78, 5) is 22.5. The highest BCUT2D eigenvalue weighted by Gasteiger charge is 2.45. The van der Waals surface area contributed by atoms with Crippen LogP contribution in [0.2, 0.25) is 0 Å². The summed E-state index contributed by atoms with van der Waals surface area (Å²) in [6.45, 7) is 31.6. The van der Waals surface area contributed by atoms with E-state index in [9.17, 15) is 52.6 Å². The van der Waals surface area contributed by atoms with Gasteiger partial charge in [0.25, 0.3) is 0 Å². The van der Waals surface area contributed by atoms with Gasteiger partial charge in [0.05, 0.1) is 102 Å². The van der Waals surface area contributed by atoms with Gasteiger partial charge in [0, 0.05) is 157 Å². The third-order valence-electron chi connectivity index (χ3n) is 25.6. The van der Waals surface area contributed by atoms with Gasteiger partial charge in [0.2, 0.25) is 0 Å². The number of benzene rings is 5. The summed E-state index contributed by atoms with van der Waals surface area (Å²) >= 11 is 3.60. The Balaban J connectivity index is 0.000000129. The van der Waals surface area contributed by atoms with Gasteiger partial charge < -0.3 is 114 Å². The van der Waals surface area contributed by atoms with Crippen LogP contribution in [0.5, 0.6) is 28.7 Å². The first-order chi connectivity index (χ1) is 68.7. The van der Waals surface area contributed by atoms with E-state index in [0.717, 1.165) is 38.9 Å². The predicted molar refractivity (Wildman–Crippen MR) is 540 cm³/mol. The van der Waals surface area contributed by atoms with Crippen molar-refractivity contribution in [2.75, 3.05) is 86.3 Å². The smallest absolute Gasteiger partial charge is 0.168 e. The van der Waals surface area contributed by atoms with Crippen molar-refractivity contribution in [1.82, 2.24) is 73.0 Å². The summed E-state index contributed by atoms with van der Waals surface area (Å²) in [5, 5.41) is 95.3. The molecule has 10 atom stereocenters. The molecule has 0 bridgehead atoms. The van der Waals surface area contributed by atoms with Crippen LogP contribution < -0.4 is 78.9 Å². The summed E-state index contributed by atoms with van der Waals surface area (Å²) in [6, 6.07) is 23.2. The minimum absolute atomic E-state index is 0.00565. The molecule has 0 saturated carbocycles.